The van der Waals surface area contributed by atoms with Crippen molar-refractivity contribution in [3.63, 3.8) is 0 Å². The Balaban J connectivity index is 0. The number of nitrogens with one attached hydrogen (secondary N) is 2. The fraction of sp³-hybridized carbons (Fsp3) is 0.741. The lowest BCUT2D eigenvalue weighted by molar-refractivity contribution is -0.192. The highest BCUT2D eigenvalue weighted by molar-refractivity contribution is 5.86. The number of alkyl halides is 3. The van der Waals surface area contributed by atoms with Crippen LogP contribution in [0, 0.1) is 0 Å². The van der Waals surface area contributed by atoms with Gasteiger partial charge in [0.1, 0.15) is 12.1 Å². The molecule has 45 heavy (non-hydrogen) atoms. The largest absolute Gasteiger partial charge is 0.490 e. The molecule has 2 amide bonds. The van der Waals surface area contributed by atoms with E-state index in [2.05, 4.69) is 22.5 Å². The lowest BCUT2D eigenvalue weighted by Crippen LogP contribution is -2.44. The number of carbonyl (C=O) groups is 6. The molecule has 0 rings (SSSR count). The zero-order valence-corrected chi connectivity index (χ0v) is 25.3. The molecule has 0 radical (unpaired) electrons. The molecule has 15 nitrogen and oxygen atoms in total. The van der Waals surface area contributed by atoms with E-state index >= 15 is 0 Å². The van der Waals surface area contributed by atoms with E-state index in [4.69, 9.17) is 26.5 Å². The van der Waals surface area contributed by atoms with Gasteiger partial charge in [-0.3, -0.25) is 9.59 Å². The first-order chi connectivity index (χ1) is 20.9. The standard InChI is InChI=1S/C25H45N5O8.C2HF3O2/c1-2-3-4-5-6-7-8-9-10-14-20(31)29-19(24(37)38)15-16-21(32)28-17(22(33)34)12-11-13-18(23(35)36)30-25(26)27;3-2(4,5)1(6)7/h17-19H,2-16H2,1H3,(H,28,32)(H,29,31)(H,33,34)(H,35,36)(H,37,38)(H4,26,27,30);(H,6,7)/t17?,18?,19-;/m1./s1. The maximum absolute atomic E-state index is 12.2. The Kier molecular flexibility index (Phi) is 23.2. The zero-order chi connectivity index (χ0) is 35.0. The van der Waals surface area contributed by atoms with Crippen molar-refractivity contribution in [2.24, 2.45) is 16.5 Å². The number of nitrogens with two attached hydrogens (primary N) is 2. The summed E-state index contributed by atoms with van der Waals surface area (Å²) in [5, 5.41) is 39.7. The highest BCUT2D eigenvalue weighted by atomic mass is 19.4. The first kappa shape index (κ1) is 43.0. The Morgan fingerprint density at radius 2 is 1.07 bits per heavy atom. The number of carboxylic acid groups (broad SMARTS) is 4. The van der Waals surface area contributed by atoms with Gasteiger partial charge in [0.15, 0.2) is 12.0 Å². The number of halogens is 3. The number of hydrogen-bond donors (Lipinski definition) is 8. The second-order valence-corrected chi connectivity index (χ2v) is 10.2. The third kappa shape index (κ3) is 25.0. The number of guanidine groups is 1. The fourth-order valence-corrected chi connectivity index (χ4v) is 3.86. The molecule has 0 aromatic rings. The highest BCUT2D eigenvalue weighted by Gasteiger charge is 2.38. The van der Waals surface area contributed by atoms with Crippen molar-refractivity contribution >= 4 is 41.7 Å². The van der Waals surface area contributed by atoms with Crippen LogP contribution >= 0.6 is 0 Å². The molecule has 0 saturated heterocycles. The molecule has 0 aromatic carbocycles. The second-order valence-electron chi connectivity index (χ2n) is 10.2. The molecule has 0 spiro atoms. The van der Waals surface area contributed by atoms with Crippen molar-refractivity contribution in [2.45, 2.75) is 128 Å². The maximum Gasteiger partial charge on any atom is 0.490 e. The van der Waals surface area contributed by atoms with Crippen LogP contribution in [0.1, 0.15) is 103 Å². The van der Waals surface area contributed by atoms with Crippen LogP contribution in [0.3, 0.4) is 0 Å². The Labute approximate surface area is 259 Å². The SMILES string of the molecule is CCCCCCCCCCCC(=O)N[C@H](CCC(=O)NC(CCCC(N=C(N)N)C(=O)O)C(=O)O)C(=O)O.O=C(O)C(F)(F)F. The quantitative estimate of drug-likeness (QED) is 0.0447. The highest BCUT2D eigenvalue weighted by Crippen LogP contribution is 2.13. The summed E-state index contributed by atoms with van der Waals surface area (Å²) in [4.78, 5) is 71.0. The van der Waals surface area contributed by atoms with E-state index in [0.29, 0.717) is 6.42 Å². The van der Waals surface area contributed by atoms with Crippen LogP contribution in [0.25, 0.3) is 0 Å². The Morgan fingerprint density at radius 1 is 0.644 bits per heavy atom. The fourth-order valence-electron chi connectivity index (χ4n) is 3.86. The number of amides is 2. The van der Waals surface area contributed by atoms with Gasteiger partial charge in [-0.15, -0.1) is 0 Å². The van der Waals surface area contributed by atoms with Gasteiger partial charge in [-0.05, 0) is 32.1 Å². The molecule has 0 aliphatic rings. The molecule has 0 heterocycles. The minimum absolute atomic E-state index is 0.0427. The Bertz CT molecular complexity index is 975. The Morgan fingerprint density at radius 3 is 1.47 bits per heavy atom. The third-order valence-corrected chi connectivity index (χ3v) is 6.24. The van der Waals surface area contributed by atoms with Gasteiger partial charge < -0.3 is 42.5 Å². The first-order valence-corrected chi connectivity index (χ1v) is 14.6. The first-order valence-electron chi connectivity index (χ1n) is 14.6. The van der Waals surface area contributed by atoms with E-state index in [1.54, 1.807) is 0 Å². The number of unbranched alkanes of at least 4 members (excludes halogenated alkanes) is 8. The van der Waals surface area contributed by atoms with Crippen LogP contribution < -0.4 is 22.1 Å². The van der Waals surface area contributed by atoms with Gasteiger partial charge in [0, 0.05) is 12.8 Å². The molecular formula is C27H46F3N5O10. The summed E-state index contributed by atoms with van der Waals surface area (Å²) in [5.41, 5.74) is 10.4. The van der Waals surface area contributed by atoms with E-state index < -0.39 is 66.0 Å². The summed E-state index contributed by atoms with van der Waals surface area (Å²) in [7, 11) is 0. The number of carbonyl (C=O) groups excluding carboxylic acids is 2. The van der Waals surface area contributed by atoms with E-state index in [0.717, 1.165) is 19.3 Å². The number of hydrogen-bond acceptors (Lipinski definition) is 7. The van der Waals surface area contributed by atoms with Crippen LogP contribution in [0.2, 0.25) is 0 Å². The van der Waals surface area contributed by atoms with Gasteiger partial charge >= 0.3 is 30.1 Å². The van der Waals surface area contributed by atoms with Crippen molar-refractivity contribution in [2.75, 3.05) is 0 Å². The number of rotatable bonds is 23. The minimum Gasteiger partial charge on any atom is -0.480 e. The molecular weight excluding hydrogens is 611 g/mol. The summed E-state index contributed by atoms with van der Waals surface area (Å²) in [6.45, 7) is 2.17. The topological polar surface area (TPSA) is 272 Å². The van der Waals surface area contributed by atoms with Crippen LogP contribution in [-0.2, 0) is 28.8 Å². The average molecular weight is 658 g/mol. The molecule has 0 aliphatic heterocycles. The van der Waals surface area contributed by atoms with Crippen molar-refractivity contribution in [1.82, 2.24) is 10.6 Å². The molecule has 10 N–H and O–H groups in total. The summed E-state index contributed by atoms with van der Waals surface area (Å²) >= 11 is 0. The molecule has 18 heteroatoms. The number of aliphatic imine (C=N–C) groups is 1. The van der Waals surface area contributed by atoms with Gasteiger partial charge in [-0.1, -0.05) is 58.3 Å². The number of carboxylic acids is 4. The molecule has 3 atom stereocenters. The van der Waals surface area contributed by atoms with Crippen molar-refractivity contribution in [3.05, 3.63) is 0 Å². The van der Waals surface area contributed by atoms with Gasteiger partial charge in [-0.2, -0.15) is 13.2 Å². The van der Waals surface area contributed by atoms with E-state index in [9.17, 15) is 47.4 Å². The molecule has 0 aliphatic carbocycles. The van der Waals surface area contributed by atoms with Gasteiger partial charge in [0.05, 0.1) is 0 Å². The molecule has 260 valence electrons. The lowest BCUT2D eigenvalue weighted by Gasteiger charge is -2.17. The molecule has 0 saturated carbocycles. The summed E-state index contributed by atoms with van der Waals surface area (Å²) < 4.78 is 31.7. The van der Waals surface area contributed by atoms with Gasteiger partial charge in [0.2, 0.25) is 11.8 Å². The van der Waals surface area contributed by atoms with Crippen molar-refractivity contribution in [1.29, 1.82) is 0 Å². The van der Waals surface area contributed by atoms with E-state index in [1.165, 1.54) is 32.1 Å². The third-order valence-electron chi connectivity index (χ3n) is 6.24. The van der Waals surface area contributed by atoms with Crippen LogP contribution in [0.15, 0.2) is 4.99 Å². The Hall–Kier alpha value is -4.12. The van der Waals surface area contributed by atoms with Gasteiger partial charge in [-0.25, -0.2) is 24.2 Å². The molecule has 0 fully saturated rings. The lowest BCUT2D eigenvalue weighted by atomic mass is 10.0. The summed E-state index contributed by atoms with van der Waals surface area (Å²) in [5.74, 6) is -8.15. The smallest absolute Gasteiger partial charge is 0.480 e. The minimum atomic E-state index is -5.08. The van der Waals surface area contributed by atoms with Crippen molar-refractivity contribution < 1.29 is 62.4 Å². The summed E-state index contributed by atoms with van der Waals surface area (Å²) in [6, 6.07) is -3.81. The predicted molar refractivity (Wildman–Crippen MR) is 155 cm³/mol. The zero-order valence-electron chi connectivity index (χ0n) is 25.3. The molecule has 2 unspecified atom stereocenters. The van der Waals surface area contributed by atoms with Crippen LogP contribution in [0.5, 0.6) is 0 Å². The monoisotopic (exact) mass is 657 g/mol. The van der Waals surface area contributed by atoms with Crippen LogP contribution in [0.4, 0.5) is 13.2 Å². The van der Waals surface area contributed by atoms with E-state index in [1.807, 2.05) is 0 Å². The molecule has 0 bridgehead atoms. The van der Waals surface area contributed by atoms with E-state index in [-0.39, 0.29) is 38.5 Å². The predicted octanol–water partition coefficient (Wildman–Crippen LogP) is 2.36. The van der Waals surface area contributed by atoms with Gasteiger partial charge in [0.25, 0.3) is 0 Å². The van der Waals surface area contributed by atoms with Crippen molar-refractivity contribution in [3.8, 4) is 0 Å². The maximum atomic E-state index is 12.2. The second kappa shape index (κ2) is 24.2. The average Bonchev–Trinajstić information content (AvgIpc) is 2.92. The number of aliphatic carboxylic acids is 4. The summed E-state index contributed by atoms with van der Waals surface area (Å²) in [6.07, 6.45) is 4.36. The normalized spacial score (nSPS) is 12.8. The molecule has 0 aromatic heterocycles. The van der Waals surface area contributed by atoms with Crippen LogP contribution in [-0.4, -0.2) is 86.4 Å². The number of nitrogens with zero attached hydrogens (tertiary/aromatic N) is 1.